The molecule has 2 aromatic rings. The standard InChI is InChI=1S/C23H33FN4O2/c1-5-25-21(27-15-20-26-14-19(30-20)22(2,3)4)28-16-23(9-11-29-12-10-23)17-7-6-8-18(24)13-17/h6-8,13-14H,5,9-12,15-16H2,1-4H3,(H2,25,27,28). The molecule has 1 aliphatic heterocycles. The Morgan fingerprint density at radius 3 is 2.63 bits per heavy atom. The Morgan fingerprint density at radius 2 is 2.00 bits per heavy atom. The minimum atomic E-state index is -0.211. The number of halogens is 1. The topological polar surface area (TPSA) is 71.7 Å². The lowest BCUT2D eigenvalue weighted by atomic mass is 9.74. The number of benzene rings is 1. The number of nitrogens with one attached hydrogen (secondary N) is 2. The van der Waals surface area contributed by atoms with Gasteiger partial charge >= 0.3 is 0 Å². The highest BCUT2D eigenvalue weighted by molar-refractivity contribution is 5.79. The summed E-state index contributed by atoms with van der Waals surface area (Å²) in [5.41, 5.74) is 0.716. The molecule has 7 heteroatoms. The molecular formula is C23H33FN4O2. The van der Waals surface area contributed by atoms with Gasteiger partial charge in [-0.3, -0.25) is 0 Å². The van der Waals surface area contributed by atoms with E-state index < -0.39 is 0 Å². The highest BCUT2D eigenvalue weighted by Gasteiger charge is 2.35. The average molecular weight is 417 g/mol. The first kappa shape index (κ1) is 22.3. The molecule has 0 spiro atoms. The number of guanidine groups is 1. The largest absolute Gasteiger partial charge is 0.443 e. The second-order valence-corrected chi connectivity index (χ2v) is 8.82. The van der Waals surface area contributed by atoms with Crippen LogP contribution in [0.5, 0.6) is 0 Å². The number of aromatic nitrogens is 1. The summed E-state index contributed by atoms with van der Waals surface area (Å²) in [4.78, 5) is 8.99. The lowest BCUT2D eigenvalue weighted by molar-refractivity contribution is 0.0513. The molecular weight excluding hydrogens is 383 g/mol. The summed E-state index contributed by atoms with van der Waals surface area (Å²) in [5, 5.41) is 6.72. The summed E-state index contributed by atoms with van der Waals surface area (Å²) in [5.74, 6) is 1.91. The van der Waals surface area contributed by atoms with Crippen molar-refractivity contribution in [3.8, 4) is 0 Å². The Bertz CT molecular complexity index is 851. The lowest BCUT2D eigenvalue weighted by Crippen LogP contribution is -2.48. The summed E-state index contributed by atoms with van der Waals surface area (Å²) >= 11 is 0. The molecule has 1 aliphatic rings. The Hall–Kier alpha value is -2.41. The van der Waals surface area contributed by atoms with E-state index in [9.17, 15) is 4.39 Å². The third-order valence-corrected chi connectivity index (χ3v) is 5.49. The Balaban J connectivity index is 1.73. The van der Waals surface area contributed by atoms with Crippen molar-refractivity contribution in [2.45, 2.75) is 57.9 Å². The summed E-state index contributed by atoms with van der Waals surface area (Å²) in [6, 6.07) is 6.90. The van der Waals surface area contributed by atoms with Crippen molar-refractivity contribution < 1.29 is 13.5 Å². The van der Waals surface area contributed by atoms with Crippen LogP contribution in [0.25, 0.3) is 0 Å². The van der Waals surface area contributed by atoms with Gasteiger partial charge in [0.25, 0.3) is 0 Å². The molecule has 0 atom stereocenters. The van der Waals surface area contributed by atoms with E-state index in [1.165, 1.54) is 6.07 Å². The fourth-order valence-corrected chi connectivity index (χ4v) is 3.62. The fraction of sp³-hybridized carbons (Fsp3) is 0.565. The minimum absolute atomic E-state index is 0.0852. The number of ether oxygens (including phenoxy) is 1. The number of rotatable bonds is 6. The number of oxazole rings is 1. The van der Waals surface area contributed by atoms with Gasteiger partial charge in [0, 0.05) is 37.1 Å². The molecule has 1 aromatic carbocycles. The van der Waals surface area contributed by atoms with Crippen molar-refractivity contribution in [3.05, 3.63) is 53.5 Å². The molecule has 6 nitrogen and oxygen atoms in total. The van der Waals surface area contributed by atoms with Crippen molar-refractivity contribution in [2.75, 3.05) is 26.3 Å². The Kier molecular flexibility index (Phi) is 7.13. The predicted octanol–water partition coefficient (Wildman–Crippen LogP) is 3.91. The Morgan fingerprint density at radius 1 is 1.23 bits per heavy atom. The molecule has 0 radical (unpaired) electrons. The molecule has 1 aromatic heterocycles. The molecule has 2 N–H and O–H groups in total. The van der Waals surface area contributed by atoms with Gasteiger partial charge in [0.1, 0.15) is 18.1 Å². The highest BCUT2D eigenvalue weighted by Crippen LogP contribution is 2.34. The van der Waals surface area contributed by atoms with E-state index >= 15 is 0 Å². The maximum atomic E-state index is 13.9. The second kappa shape index (κ2) is 9.60. The van der Waals surface area contributed by atoms with Gasteiger partial charge in [-0.05, 0) is 37.5 Å². The normalized spacial score (nSPS) is 17.0. The molecule has 164 valence electrons. The zero-order valence-electron chi connectivity index (χ0n) is 18.4. The van der Waals surface area contributed by atoms with E-state index in [0.29, 0.717) is 38.2 Å². The third kappa shape index (κ3) is 5.59. The highest BCUT2D eigenvalue weighted by atomic mass is 19.1. The van der Waals surface area contributed by atoms with Crippen LogP contribution >= 0.6 is 0 Å². The summed E-state index contributed by atoms with van der Waals surface area (Å²) < 4.78 is 25.3. The number of hydrogen-bond donors (Lipinski definition) is 2. The minimum Gasteiger partial charge on any atom is -0.443 e. The van der Waals surface area contributed by atoms with E-state index in [1.54, 1.807) is 18.3 Å². The first-order chi connectivity index (χ1) is 14.3. The van der Waals surface area contributed by atoms with Gasteiger partial charge in [-0.25, -0.2) is 14.4 Å². The van der Waals surface area contributed by atoms with E-state index in [-0.39, 0.29) is 16.6 Å². The van der Waals surface area contributed by atoms with Gasteiger partial charge in [-0.2, -0.15) is 0 Å². The van der Waals surface area contributed by atoms with Crippen molar-refractivity contribution in [3.63, 3.8) is 0 Å². The number of nitrogens with zero attached hydrogens (tertiary/aromatic N) is 2. The van der Waals surface area contributed by atoms with Gasteiger partial charge in [-0.1, -0.05) is 32.9 Å². The van der Waals surface area contributed by atoms with Crippen LogP contribution in [-0.4, -0.2) is 37.2 Å². The molecule has 0 unspecified atom stereocenters. The summed E-state index contributed by atoms with van der Waals surface area (Å²) in [6.07, 6.45) is 3.43. The zero-order valence-corrected chi connectivity index (χ0v) is 18.4. The van der Waals surface area contributed by atoms with Crippen molar-refractivity contribution in [2.24, 2.45) is 4.99 Å². The van der Waals surface area contributed by atoms with Crippen LogP contribution in [0.2, 0.25) is 0 Å². The number of hydrogen-bond acceptors (Lipinski definition) is 4. The van der Waals surface area contributed by atoms with E-state index in [2.05, 4.69) is 41.4 Å². The predicted molar refractivity (Wildman–Crippen MR) is 116 cm³/mol. The van der Waals surface area contributed by atoms with Crippen LogP contribution in [0.4, 0.5) is 4.39 Å². The summed E-state index contributed by atoms with van der Waals surface area (Å²) in [6.45, 7) is 11.4. The summed E-state index contributed by atoms with van der Waals surface area (Å²) in [7, 11) is 0. The van der Waals surface area contributed by atoms with Gasteiger partial charge < -0.3 is 19.8 Å². The SMILES string of the molecule is CCNC(=NCc1ncc(C(C)(C)C)o1)NCC1(c2cccc(F)c2)CCOCC1. The second-order valence-electron chi connectivity index (χ2n) is 8.82. The van der Waals surface area contributed by atoms with Crippen LogP contribution in [0.1, 0.15) is 57.8 Å². The third-order valence-electron chi connectivity index (χ3n) is 5.49. The maximum absolute atomic E-state index is 13.9. The van der Waals surface area contributed by atoms with Crippen molar-refractivity contribution >= 4 is 5.96 Å². The van der Waals surface area contributed by atoms with Crippen LogP contribution < -0.4 is 10.6 Å². The van der Waals surface area contributed by atoms with Crippen molar-refractivity contribution in [1.82, 2.24) is 15.6 Å². The monoisotopic (exact) mass is 416 g/mol. The molecule has 0 saturated carbocycles. The molecule has 0 aliphatic carbocycles. The molecule has 3 rings (SSSR count). The van der Waals surface area contributed by atoms with Gasteiger partial charge in [0.05, 0.1) is 6.20 Å². The fourth-order valence-electron chi connectivity index (χ4n) is 3.62. The molecule has 2 heterocycles. The van der Waals surface area contributed by atoms with Gasteiger partial charge in [0.15, 0.2) is 5.96 Å². The quantitative estimate of drug-likeness (QED) is 0.552. The molecule has 0 bridgehead atoms. The molecule has 30 heavy (non-hydrogen) atoms. The number of aliphatic imine (C=N–C) groups is 1. The van der Waals surface area contributed by atoms with Crippen LogP contribution in [0.3, 0.4) is 0 Å². The molecule has 1 saturated heterocycles. The first-order valence-electron chi connectivity index (χ1n) is 10.6. The smallest absolute Gasteiger partial charge is 0.216 e. The zero-order chi connectivity index (χ0) is 21.6. The maximum Gasteiger partial charge on any atom is 0.216 e. The van der Waals surface area contributed by atoms with E-state index in [1.807, 2.05) is 13.0 Å². The van der Waals surface area contributed by atoms with Gasteiger partial charge in [0.2, 0.25) is 5.89 Å². The van der Waals surface area contributed by atoms with E-state index in [4.69, 9.17) is 9.15 Å². The van der Waals surface area contributed by atoms with Gasteiger partial charge in [-0.15, -0.1) is 0 Å². The first-order valence-corrected chi connectivity index (χ1v) is 10.6. The van der Waals surface area contributed by atoms with Crippen molar-refractivity contribution in [1.29, 1.82) is 0 Å². The van der Waals surface area contributed by atoms with Crippen LogP contribution in [0, 0.1) is 5.82 Å². The van der Waals surface area contributed by atoms with Crippen LogP contribution in [0.15, 0.2) is 39.9 Å². The molecule has 1 fully saturated rings. The van der Waals surface area contributed by atoms with E-state index in [0.717, 1.165) is 30.7 Å². The Labute approximate surface area is 178 Å². The lowest BCUT2D eigenvalue weighted by Gasteiger charge is -2.38. The van der Waals surface area contributed by atoms with Crippen LogP contribution in [-0.2, 0) is 22.1 Å². The average Bonchev–Trinajstić information content (AvgIpc) is 3.20. The molecule has 0 amide bonds.